The van der Waals surface area contributed by atoms with Crippen LogP contribution in [0.1, 0.15) is 11.1 Å². The van der Waals surface area contributed by atoms with Crippen LogP contribution in [0.2, 0.25) is 0 Å². The molecule has 3 aromatic rings. The first-order valence-corrected chi connectivity index (χ1v) is 7.12. The van der Waals surface area contributed by atoms with E-state index in [2.05, 4.69) is 4.98 Å². The van der Waals surface area contributed by atoms with E-state index in [-0.39, 0.29) is 5.95 Å². The summed E-state index contributed by atoms with van der Waals surface area (Å²) < 4.78 is 7.40. The molecule has 23 heavy (non-hydrogen) atoms. The van der Waals surface area contributed by atoms with E-state index < -0.39 is 4.92 Å². The Balaban J connectivity index is 1.88. The molecule has 0 aliphatic rings. The number of imidazole rings is 1. The molecule has 0 saturated heterocycles. The first-order chi connectivity index (χ1) is 11.1. The van der Waals surface area contributed by atoms with E-state index in [1.807, 2.05) is 55.5 Å². The van der Waals surface area contributed by atoms with Crippen molar-refractivity contribution in [3.63, 3.8) is 0 Å². The third-order valence-corrected chi connectivity index (χ3v) is 3.56. The zero-order chi connectivity index (χ0) is 16.2. The van der Waals surface area contributed by atoms with Crippen LogP contribution in [0.4, 0.5) is 5.95 Å². The van der Waals surface area contributed by atoms with Crippen molar-refractivity contribution >= 4 is 5.95 Å². The average Bonchev–Trinajstić information content (AvgIpc) is 3.01. The number of benzene rings is 2. The Morgan fingerprint density at radius 1 is 1.17 bits per heavy atom. The van der Waals surface area contributed by atoms with Gasteiger partial charge < -0.3 is 14.9 Å². The fraction of sp³-hybridized carbons (Fsp3) is 0.118. The molecule has 0 unspecified atom stereocenters. The largest absolute Gasteiger partial charge is 0.457 e. The number of aromatic nitrogens is 2. The minimum absolute atomic E-state index is 0.168. The van der Waals surface area contributed by atoms with Gasteiger partial charge in [-0.05, 0) is 41.2 Å². The lowest BCUT2D eigenvalue weighted by Crippen LogP contribution is -2.05. The van der Waals surface area contributed by atoms with Crippen LogP contribution in [0.25, 0.3) is 0 Å². The zero-order valence-corrected chi connectivity index (χ0v) is 12.5. The van der Waals surface area contributed by atoms with Crippen LogP contribution < -0.4 is 4.74 Å². The van der Waals surface area contributed by atoms with Crippen LogP contribution in [-0.4, -0.2) is 14.5 Å². The smallest absolute Gasteiger partial charge is 0.434 e. The zero-order valence-electron chi connectivity index (χ0n) is 12.5. The van der Waals surface area contributed by atoms with Crippen LogP contribution in [0.15, 0.2) is 60.9 Å². The molecule has 0 spiro atoms. The summed E-state index contributed by atoms with van der Waals surface area (Å²) in [5, 5.41) is 11.0. The van der Waals surface area contributed by atoms with E-state index in [0.29, 0.717) is 6.54 Å². The Kier molecular flexibility index (Phi) is 4.05. The fourth-order valence-corrected chi connectivity index (χ4v) is 2.34. The lowest BCUT2D eigenvalue weighted by atomic mass is 10.1. The Bertz CT molecular complexity index is 828. The van der Waals surface area contributed by atoms with Crippen molar-refractivity contribution in [3.8, 4) is 11.5 Å². The van der Waals surface area contributed by atoms with Crippen molar-refractivity contribution in [1.29, 1.82) is 0 Å². The Hall–Kier alpha value is -3.15. The Morgan fingerprint density at radius 3 is 2.70 bits per heavy atom. The third-order valence-electron chi connectivity index (χ3n) is 3.56. The van der Waals surface area contributed by atoms with Crippen molar-refractivity contribution in [2.45, 2.75) is 13.5 Å². The standard InChI is InChI=1S/C17H15N3O3/c1-13-14(12-19-11-10-18-17(19)20(21)22)6-5-9-16(13)23-15-7-3-2-4-8-15/h2-11H,12H2,1H3. The lowest BCUT2D eigenvalue weighted by Gasteiger charge is -2.12. The van der Waals surface area contributed by atoms with Gasteiger partial charge in [0.15, 0.2) is 0 Å². The van der Waals surface area contributed by atoms with Crippen LogP contribution in [0.5, 0.6) is 11.5 Å². The van der Waals surface area contributed by atoms with Crippen molar-refractivity contribution in [2.75, 3.05) is 0 Å². The van der Waals surface area contributed by atoms with Crippen molar-refractivity contribution in [2.24, 2.45) is 0 Å². The van der Waals surface area contributed by atoms with Crippen molar-refractivity contribution < 1.29 is 9.66 Å². The maximum absolute atomic E-state index is 11.0. The molecule has 0 radical (unpaired) electrons. The van der Waals surface area contributed by atoms with Crippen LogP contribution in [0.3, 0.4) is 0 Å². The highest BCUT2D eigenvalue weighted by Crippen LogP contribution is 2.27. The summed E-state index contributed by atoms with van der Waals surface area (Å²) in [6, 6.07) is 15.2. The molecule has 0 bridgehead atoms. The SMILES string of the molecule is Cc1c(Cn2ccnc2[N+](=O)[O-])cccc1Oc1ccccc1. The second kappa shape index (κ2) is 6.31. The summed E-state index contributed by atoms with van der Waals surface area (Å²) in [7, 11) is 0. The molecule has 3 rings (SSSR count). The van der Waals surface area contributed by atoms with E-state index in [1.165, 1.54) is 10.8 Å². The highest BCUT2D eigenvalue weighted by atomic mass is 16.6. The number of ether oxygens (including phenoxy) is 1. The molecular weight excluding hydrogens is 294 g/mol. The van der Waals surface area contributed by atoms with E-state index in [9.17, 15) is 10.1 Å². The van der Waals surface area contributed by atoms with Gasteiger partial charge in [-0.15, -0.1) is 0 Å². The van der Waals surface area contributed by atoms with Gasteiger partial charge in [0.1, 0.15) is 23.9 Å². The molecule has 0 N–H and O–H groups in total. The average molecular weight is 309 g/mol. The molecule has 116 valence electrons. The minimum atomic E-state index is -0.486. The monoisotopic (exact) mass is 309 g/mol. The molecule has 0 aliphatic heterocycles. The summed E-state index contributed by atoms with van der Waals surface area (Å²) in [5.74, 6) is 1.32. The summed E-state index contributed by atoms with van der Waals surface area (Å²) in [6.45, 7) is 2.31. The molecule has 1 aromatic heterocycles. The van der Waals surface area contributed by atoms with Gasteiger partial charge >= 0.3 is 5.95 Å². The molecule has 1 heterocycles. The van der Waals surface area contributed by atoms with E-state index in [1.54, 1.807) is 6.20 Å². The summed E-state index contributed by atoms with van der Waals surface area (Å²) in [5.41, 5.74) is 1.89. The first-order valence-electron chi connectivity index (χ1n) is 7.12. The van der Waals surface area contributed by atoms with Crippen LogP contribution >= 0.6 is 0 Å². The van der Waals surface area contributed by atoms with Gasteiger partial charge in [-0.1, -0.05) is 35.3 Å². The molecule has 6 heteroatoms. The predicted molar refractivity (Wildman–Crippen MR) is 85.7 cm³/mol. The van der Waals surface area contributed by atoms with Crippen LogP contribution in [0, 0.1) is 17.0 Å². The topological polar surface area (TPSA) is 70.2 Å². The molecular formula is C17H15N3O3. The number of para-hydroxylation sites is 1. The summed E-state index contributed by atoms with van der Waals surface area (Å²) >= 11 is 0. The maximum atomic E-state index is 11.0. The molecule has 0 fully saturated rings. The molecule has 6 nitrogen and oxygen atoms in total. The van der Waals surface area contributed by atoms with Gasteiger partial charge in [-0.2, -0.15) is 0 Å². The molecule has 2 aromatic carbocycles. The predicted octanol–water partition coefficient (Wildman–Crippen LogP) is 3.94. The van der Waals surface area contributed by atoms with E-state index >= 15 is 0 Å². The van der Waals surface area contributed by atoms with Crippen LogP contribution in [-0.2, 0) is 6.54 Å². The number of rotatable bonds is 5. The van der Waals surface area contributed by atoms with Gasteiger partial charge in [0.05, 0.1) is 6.54 Å². The normalized spacial score (nSPS) is 10.5. The lowest BCUT2D eigenvalue weighted by molar-refractivity contribution is -0.396. The van der Waals surface area contributed by atoms with Gasteiger partial charge in [-0.25, -0.2) is 4.57 Å². The molecule has 0 aliphatic carbocycles. The quantitative estimate of drug-likeness (QED) is 0.528. The summed E-state index contributed by atoms with van der Waals surface area (Å²) in [4.78, 5) is 14.2. The third kappa shape index (κ3) is 3.21. The number of nitrogens with zero attached hydrogens (tertiary/aromatic N) is 3. The minimum Gasteiger partial charge on any atom is -0.457 e. The molecule has 0 amide bonds. The second-order valence-electron chi connectivity index (χ2n) is 5.07. The number of hydrogen-bond acceptors (Lipinski definition) is 4. The first kappa shape index (κ1) is 14.8. The second-order valence-corrected chi connectivity index (χ2v) is 5.07. The maximum Gasteiger partial charge on any atom is 0.434 e. The van der Waals surface area contributed by atoms with Gasteiger partial charge in [0.2, 0.25) is 0 Å². The van der Waals surface area contributed by atoms with E-state index in [4.69, 9.17) is 4.74 Å². The van der Waals surface area contributed by atoms with Gasteiger partial charge in [-0.3, -0.25) is 0 Å². The fourth-order valence-electron chi connectivity index (χ4n) is 2.34. The van der Waals surface area contributed by atoms with Crippen molar-refractivity contribution in [3.05, 3.63) is 82.2 Å². The Morgan fingerprint density at radius 2 is 1.96 bits per heavy atom. The van der Waals surface area contributed by atoms with Crippen molar-refractivity contribution in [1.82, 2.24) is 9.55 Å². The van der Waals surface area contributed by atoms with E-state index in [0.717, 1.165) is 22.6 Å². The van der Waals surface area contributed by atoms with Gasteiger partial charge in [0, 0.05) is 0 Å². The molecule has 0 atom stereocenters. The van der Waals surface area contributed by atoms with Gasteiger partial charge in [0.25, 0.3) is 0 Å². The number of hydrogen-bond donors (Lipinski definition) is 0. The highest BCUT2D eigenvalue weighted by Gasteiger charge is 2.16. The Labute approximate surface area is 133 Å². The highest BCUT2D eigenvalue weighted by molar-refractivity contribution is 5.42. The summed E-state index contributed by atoms with van der Waals surface area (Å²) in [6.07, 6.45) is 3.03. The molecule has 0 saturated carbocycles. The number of nitro groups is 1.